The van der Waals surface area contributed by atoms with Crippen molar-refractivity contribution in [2.45, 2.75) is 31.6 Å². The van der Waals surface area contributed by atoms with Crippen molar-refractivity contribution in [3.8, 4) is 5.75 Å². The van der Waals surface area contributed by atoms with Gasteiger partial charge in [0.05, 0.1) is 20.2 Å². The first kappa shape index (κ1) is 26.8. The van der Waals surface area contributed by atoms with E-state index in [1.165, 1.54) is 22.5 Å². The monoisotopic (exact) mass is 499 g/mol. The first-order chi connectivity index (χ1) is 16.8. The summed E-state index contributed by atoms with van der Waals surface area (Å²) in [5.74, 6) is 1.07. The Balaban J connectivity index is 1.38. The molecule has 3 rings (SSSR count). The van der Waals surface area contributed by atoms with Gasteiger partial charge in [-0.15, -0.1) is 0 Å². The molecule has 0 saturated carbocycles. The molecule has 0 atom stereocenters. The van der Waals surface area contributed by atoms with Crippen LogP contribution in [-0.4, -0.2) is 79.9 Å². The van der Waals surface area contributed by atoms with Gasteiger partial charge in [-0.05, 0) is 87.0 Å². The van der Waals surface area contributed by atoms with Gasteiger partial charge in [0, 0.05) is 49.7 Å². The zero-order chi connectivity index (χ0) is 25.4. The molecule has 1 aromatic carbocycles. The van der Waals surface area contributed by atoms with Crippen molar-refractivity contribution in [2.75, 3.05) is 58.8 Å². The topological polar surface area (TPSA) is 78.0 Å². The molecule has 1 aliphatic heterocycles. The number of rotatable bonds is 10. The van der Waals surface area contributed by atoms with E-state index in [9.17, 15) is 9.59 Å². The Morgan fingerprint density at radius 2 is 1.74 bits per heavy atom. The van der Waals surface area contributed by atoms with Crippen LogP contribution in [0.1, 0.15) is 24.0 Å². The lowest BCUT2D eigenvalue weighted by atomic mass is 9.96. The second-order valence-corrected chi connectivity index (χ2v) is 10.4. The van der Waals surface area contributed by atoms with Gasteiger partial charge in [0.2, 0.25) is 11.8 Å². The molecule has 0 aliphatic carbocycles. The number of hydrogen-bond acceptors (Lipinski definition) is 7. The summed E-state index contributed by atoms with van der Waals surface area (Å²) >= 11 is 1.53. The highest BCUT2D eigenvalue weighted by molar-refractivity contribution is 7.97. The molecule has 9 heteroatoms. The highest BCUT2D eigenvalue weighted by Gasteiger charge is 2.21. The summed E-state index contributed by atoms with van der Waals surface area (Å²) < 4.78 is 7.22. The summed E-state index contributed by atoms with van der Waals surface area (Å²) in [7, 11) is 5.22. The molecule has 1 aromatic heterocycles. The minimum Gasteiger partial charge on any atom is -0.497 e. The van der Waals surface area contributed by atoms with E-state index in [2.05, 4.69) is 15.2 Å². The van der Waals surface area contributed by atoms with E-state index in [1.807, 2.05) is 61.9 Å². The number of aromatic nitrogens is 1. The van der Waals surface area contributed by atoms with Gasteiger partial charge in [-0.25, -0.2) is 4.31 Å². The predicted molar refractivity (Wildman–Crippen MR) is 141 cm³/mol. The van der Waals surface area contributed by atoms with Crippen LogP contribution in [0.2, 0.25) is 0 Å². The van der Waals surface area contributed by atoms with Crippen LogP contribution in [0, 0.1) is 19.8 Å². The van der Waals surface area contributed by atoms with Crippen molar-refractivity contribution in [1.29, 1.82) is 0 Å². The average molecular weight is 500 g/mol. The van der Waals surface area contributed by atoms with E-state index >= 15 is 0 Å². The van der Waals surface area contributed by atoms with Gasteiger partial charge in [-0.3, -0.25) is 14.6 Å². The van der Waals surface area contributed by atoms with Crippen molar-refractivity contribution in [3.05, 3.63) is 47.8 Å². The van der Waals surface area contributed by atoms with Gasteiger partial charge in [0.25, 0.3) is 0 Å². The number of hydrogen-bond donors (Lipinski definition) is 1. The average Bonchev–Trinajstić information content (AvgIpc) is 2.85. The summed E-state index contributed by atoms with van der Waals surface area (Å²) in [6.45, 7) is 6.94. The van der Waals surface area contributed by atoms with Gasteiger partial charge in [-0.2, -0.15) is 0 Å². The Morgan fingerprint density at radius 3 is 2.34 bits per heavy atom. The van der Waals surface area contributed by atoms with E-state index in [1.54, 1.807) is 14.2 Å². The van der Waals surface area contributed by atoms with Gasteiger partial charge in [0.1, 0.15) is 5.75 Å². The van der Waals surface area contributed by atoms with Gasteiger partial charge < -0.3 is 19.9 Å². The minimum absolute atomic E-state index is 0.0633. The molecule has 2 heterocycles. The molecule has 2 amide bonds. The standard InChI is InChI=1S/C26H37N5O3S/c1-19-14-23(34-5)15-20(2)26(19)35-30(4)18-25(33)29(3)17-24(32)28-16-21-8-12-31(13-9-21)22-6-10-27-11-7-22/h6-7,10-11,14-15,21H,8-9,12-13,16-18H2,1-5H3,(H,28,32). The van der Waals surface area contributed by atoms with Crippen molar-refractivity contribution in [2.24, 2.45) is 5.92 Å². The Morgan fingerprint density at radius 1 is 1.11 bits per heavy atom. The molecule has 0 bridgehead atoms. The van der Waals surface area contributed by atoms with Crippen LogP contribution in [-0.2, 0) is 9.59 Å². The number of methoxy groups -OCH3 is 1. The Labute approximate surface area is 213 Å². The van der Waals surface area contributed by atoms with Crippen molar-refractivity contribution in [1.82, 2.24) is 19.5 Å². The van der Waals surface area contributed by atoms with Crippen molar-refractivity contribution in [3.63, 3.8) is 0 Å². The minimum atomic E-state index is -0.116. The van der Waals surface area contributed by atoms with Crippen LogP contribution in [0.4, 0.5) is 5.69 Å². The number of anilines is 1. The van der Waals surface area contributed by atoms with Crippen LogP contribution in [0.3, 0.4) is 0 Å². The lowest BCUT2D eigenvalue weighted by Gasteiger charge is -2.33. The highest BCUT2D eigenvalue weighted by Crippen LogP contribution is 2.31. The number of pyridine rings is 1. The molecular formula is C26H37N5O3S. The molecule has 1 saturated heterocycles. The van der Waals surface area contributed by atoms with Gasteiger partial charge >= 0.3 is 0 Å². The lowest BCUT2D eigenvalue weighted by Crippen LogP contribution is -2.44. The highest BCUT2D eigenvalue weighted by atomic mass is 32.2. The molecule has 1 N–H and O–H groups in total. The molecule has 0 spiro atoms. The fraction of sp³-hybridized carbons (Fsp3) is 0.500. The van der Waals surface area contributed by atoms with Gasteiger partial charge in [-0.1, -0.05) is 0 Å². The molecular weight excluding hydrogens is 462 g/mol. The third kappa shape index (κ3) is 7.86. The normalized spacial score (nSPS) is 14.2. The molecule has 8 nitrogen and oxygen atoms in total. The summed E-state index contributed by atoms with van der Waals surface area (Å²) in [6.07, 6.45) is 5.70. The van der Waals surface area contributed by atoms with Gasteiger partial charge in [0.15, 0.2) is 0 Å². The number of ether oxygens (including phenoxy) is 1. The van der Waals surface area contributed by atoms with Crippen LogP contribution in [0.5, 0.6) is 5.75 Å². The number of nitrogens with one attached hydrogen (secondary N) is 1. The maximum atomic E-state index is 12.7. The summed E-state index contributed by atoms with van der Waals surface area (Å²) in [5, 5.41) is 3.02. The summed E-state index contributed by atoms with van der Waals surface area (Å²) in [4.78, 5) is 34.2. The molecule has 0 unspecified atom stereocenters. The second-order valence-electron chi connectivity index (χ2n) is 9.16. The van der Waals surface area contributed by atoms with E-state index in [4.69, 9.17) is 4.74 Å². The largest absolute Gasteiger partial charge is 0.497 e. The van der Waals surface area contributed by atoms with Crippen LogP contribution in [0.15, 0.2) is 41.6 Å². The summed E-state index contributed by atoms with van der Waals surface area (Å²) in [6, 6.07) is 8.04. The molecule has 0 radical (unpaired) electrons. The second kappa shape index (κ2) is 12.8. The number of piperidine rings is 1. The molecule has 190 valence electrons. The molecule has 35 heavy (non-hydrogen) atoms. The first-order valence-corrected chi connectivity index (χ1v) is 12.7. The number of carbonyl (C=O) groups excluding carboxylic acids is 2. The number of likely N-dealkylation sites (N-methyl/N-ethyl adjacent to an activating group) is 2. The number of nitrogens with zero attached hydrogens (tertiary/aromatic N) is 4. The lowest BCUT2D eigenvalue weighted by molar-refractivity contribution is -0.134. The third-order valence-electron chi connectivity index (χ3n) is 6.31. The summed E-state index contributed by atoms with van der Waals surface area (Å²) in [5.41, 5.74) is 3.40. The smallest absolute Gasteiger partial charge is 0.239 e. The van der Waals surface area contributed by atoms with E-state index in [0.717, 1.165) is 47.7 Å². The number of aryl methyl sites for hydroxylation is 2. The SMILES string of the molecule is COc1cc(C)c(SN(C)CC(=O)N(C)CC(=O)NCC2CCN(c3ccncc3)CC2)c(C)c1. The Bertz CT molecular complexity index is 973. The molecule has 2 aromatic rings. The quantitative estimate of drug-likeness (QED) is 0.503. The Hall–Kier alpha value is -2.78. The third-order valence-corrected chi connectivity index (χ3v) is 7.58. The number of carbonyl (C=O) groups is 2. The van der Waals surface area contributed by atoms with E-state index in [-0.39, 0.29) is 24.9 Å². The van der Waals surface area contributed by atoms with Crippen molar-refractivity contribution >= 4 is 29.4 Å². The van der Waals surface area contributed by atoms with Crippen LogP contribution in [0.25, 0.3) is 0 Å². The van der Waals surface area contributed by atoms with Crippen LogP contribution < -0.4 is 15.0 Å². The van der Waals surface area contributed by atoms with E-state index in [0.29, 0.717) is 12.5 Å². The Kier molecular flexibility index (Phi) is 9.80. The maximum absolute atomic E-state index is 12.7. The molecule has 1 aliphatic rings. The predicted octanol–water partition coefficient (Wildman–Crippen LogP) is 3.14. The van der Waals surface area contributed by atoms with Crippen LogP contribution >= 0.6 is 11.9 Å². The zero-order valence-corrected chi connectivity index (χ0v) is 22.2. The first-order valence-electron chi connectivity index (χ1n) is 12.0. The molecule has 1 fully saturated rings. The fourth-order valence-corrected chi connectivity index (χ4v) is 5.13. The number of amides is 2. The maximum Gasteiger partial charge on any atom is 0.239 e. The van der Waals surface area contributed by atoms with Crippen molar-refractivity contribution < 1.29 is 14.3 Å². The van der Waals surface area contributed by atoms with E-state index < -0.39 is 0 Å². The zero-order valence-electron chi connectivity index (χ0n) is 21.4. The fourth-order valence-electron chi connectivity index (χ4n) is 4.24. The number of benzene rings is 1.